The lowest BCUT2D eigenvalue weighted by Gasteiger charge is -2.49. The van der Waals surface area contributed by atoms with E-state index < -0.39 is 46.5 Å². The zero-order valence-corrected chi connectivity index (χ0v) is 30.8. The van der Waals surface area contributed by atoms with Crippen LogP contribution in [-0.2, 0) is 43.5 Å². The molecule has 7 N–H and O–H groups in total. The Kier molecular flexibility index (Phi) is 10.5. The van der Waals surface area contributed by atoms with Gasteiger partial charge in [-0.05, 0) is 48.6 Å². The maximum absolute atomic E-state index is 13.4. The maximum Gasteiger partial charge on any atom is 0.352 e. The number of phenolic OH excluding ortho intramolecular Hbond substituents is 2. The van der Waals surface area contributed by atoms with Gasteiger partial charge in [-0.3, -0.25) is 14.5 Å². The van der Waals surface area contributed by atoms with Gasteiger partial charge in [0.15, 0.2) is 22.3 Å². The smallest absolute Gasteiger partial charge is 0.352 e. The molecule has 2 aromatic carbocycles. The first-order chi connectivity index (χ1) is 25.6. The number of rotatable bonds is 12. The van der Waals surface area contributed by atoms with E-state index in [0.717, 1.165) is 45.0 Å². The molecule has 6 rings (SSSR count). The normalized spacial score (nSPS) is 21.2. The molecule has 280 valence electrons. The number of anilines is 1. The third-order valence-electron chi connectivity index (χ3n) is 9.41. The number of carbonyl (C=O) groups excluding carboxylic acids is 2. The third-order valence-corrected chi connectivity index (χ3v) is 11.4. The van der Waals surface area contributed by atoms with E-state index in [2.05, 4.69) is 21.4 Å². The largest absolute Gasteiger partial charge is 0.504 e. The maximum atomic E-state index is 13.4. The van der Waals surface area contributed by atoms with Crippen molar-refractivity contribution in [3.8, 4) is 23.8 Å². The number of phenols is 2. The fourth-order valence-electron chi connectivity index (χ4n) is 6.46. The molecular formula is C37H37N6O9S2+. The van der Waals surface area contributed by atoms with Crippen LogP contribution in [0.2, 0.25) is 0 Å². The standard InChI is InChI=1S/C37H36N6O9S2/c1-4-12-43(13-11-22-14-26(44)27(45)15-24(22)17-43)16-21-7-5-20(6-8-21)9-10-23-18-53-33-29(32(47)42(33)30(23)34(48)49)40-31(46)28(25-19-54-36(38)39-25)41-52-37(2,3)35(50)51/h1,5-10,14-15,19,29,33H,11-13,16-18H2,2-3H3,(H6-,38,39,40,41,44,45,46,48,49,50,51)/p+1/b10-9-/t29-,33-,43?/m1/s1. The number of benzene rings is 2. The van der Waals surface area contributed by atoms with Gasteiger partial charge in [-0.25, -0.2) is 14.6 Å². The van der Waals surface area contributed by atoms with E-state index in [9.17, 15) is 39.6 Å². The first-order valence-electron chi connectivity index (χ1n) is 16.6. The average molecular weight is 774 g/mol. The number of fused-ring (bicyclic) bond motifs is 2. The van der Waals surface area contributed by atoms with E-state index in [0.29, 0.717) is 36.1 Å². The number of nitrogens with one attached hydrogen (secondary N) is 1. The summed E-state index contributed by atoms with van der Waals surface area (Å²) in [7, 11) is 0. The minimum atomic E-state index is -1.78. The van der Waals surface area contributed by atoms with Gasteiger partial charge in [-0.15, -0.1) is 29.5 Å². The molecule has 1 fully saturated rings. The summed E-state index contributed by atoms with van der Waals surface area (Å²) in [5.41, 5.74) is 7.55. The number of aromatic nitrogens is 1. The Bertz CT molecular complexity index is 2170. The van der Waals surface area contributed by atoms with Crippen LogP contribution in [0.15, 0.2) is 64.3 Å². The highest BCUT2D eigenvalue weighted by atomic mass is 32.2. The minimum absolute atomic E-state index is 0.0108. The highest BCUT2D eigenvalue weighted by Crippen LogP contribution is 2.41. The first kappa shape index (κ1) is 37.9. The molecule has 17 heteroatoms. The number of hydrogen-bond acceptors (Lipinski definition) is 12. The van der Waals surface area contributed by atoms with Crippen LogP contribution in [0.4, 0.5) is 5.13 Å². The second-order valence-corrected chi connectivity index (χ2v) is 15.6. The number of nitrogens with two attached hydrogens (primary N) is 1. The Morgan fingerprint density at radius 2 is 1.87 bits per heavy atom. The molecule has 54 heavy (non-hydrogen) atoms. The van der Waals surface area contributed by atoms with Gasteiger partial charge in [-0.2, -0.15) is 0 Å². The van der Waals surface area contributed by atoms with Crippen LogP contribution in [-0.4, -0.2) is 100 Å². The van der Waals surface area contributed by atoms with Gasteiger partial charge in [-0.1, -0.05) is 41.6 Å². The van der Waals surface area contributed by atoms with Crippen LogP contribution in [0, 0.1) is 12.3 Å². The molecule has 0 saturated carbocycles. The van der Waals surface area contributed by atoms with Crippen molar-refractivity contribution in [1.82, 2.24) is 15.2 Å². The number of amides is 2. The van der Waals surface area contributed by atoms with Crippen molar-refractivity contribution >= 4 is 63.8 Å². The lowest BCUT2D eigenvalue weighted by molar-refractivity contribution is -0.949. The predicted molar refractivity (Wildman–Crippen MR) is 201 cm³/mol. The number of thiazole rings is 1. The second-order valence-electron chi connectivity index (χ2n) is 13.6. The van der Waals surface area contributed by atoms with Crippen molar-refractivity contribution in [3.05, 3.63) is 87.1 Å². The number of nitrogens with zero attached hydrogens (tertiary/aromatic N) is 4. The number of aromatic hydroxyl groups is 2. The highest BCUT2D eigenvalue weighted by Gasteiger charge is 2.54. The van der Waals surface area contributed by atoms with Crippen molar-refractivity contribution < 1.29 is 48.9 Å². The van der Waals surface area contributed by atoms with E-state index >= 15 is 0 Å². The van der Waals surface area contributed by atoms with Gasteiger partial charge >= 0.3 is 11.9 Å². The van der Waals surface area contributed by atoms with E-state index in [4.69, 9.17) is 17.0 Å². The van der Waals surface area contributed by atoms with Crippen LogP contribution < -0.4 is 11.1 Å². The van der Waals surface area contributed by atoms with Gasteiger partial charge in [0.25, 0.3) is 11.8 Å². The minimum Gasteiger partial charge on any atom is -0.504 e. The van der Waals surface area contributed by atoms with Gasteiger partial charge in [0.1, 0.15) is 42.4 Å². The summed E-state index contributed by atoms with van der Waals surface area (Å²) < 4.78 is 0.589. The van der Waals surface area contributed by atoms with Gasteiger partial charge in [0, 0.05) is 28.7 Å². The molecule has 1 saturated heterocycles. The van der Waals surface area contributed by atoms with Crippen LogP contribution in [0.25, 0.3) is 6.08 Å². The number of nitrogen functional groups attached to an aromatic ring is 1. The zero-order valence-electron chi connectivity index (χ0n) is 29.2. The molecule has 3 aliphatic rings. The Labute approximate surface area is 318 Å². The number of allylic oxidation sites excluding steroid dienone is 1. The number of carboxylic acid groups (broad SMARTS) is 2. The number of β-lactam (4-membered cyclic amide) rings is 1. The molecular weight excluding hydrogens is 737 g/mol. The number of quaternary nitrogens is 1. The molecule has 4 heterocycles. The topological polar surface area (TPSA) is 225 Å². The molecule has 0 radical (unpaired) electrons. The molecule has 1 unspecified atom stereocenters. The molecule has 2 amide bonds. The summed E-state index contributed by atoms with van der Waals surface area (Å²) in [6.07, 6.45) is 9.92. The fraction of sp³-hybridized carbons (Fsp3) is 0.297. The zero-order chi connectivity index (χ0) is 38.9. The lowest BCUT2D eigenvalue weighted by Crippen LogP contribution is -2.71. The SMILES string of the molecule is C#CC[N+]1(Cc2ccc(/C=C\C3=C(C(=O)O)N4C(=O)[C@@H](NC(=O)/C(=N\OC(C)(C)C(=O)O)c5csc(N)n5)[C@H]4SC3)cc2)CCc2cc(O)c(O)cc2C1. The first-order valence-corrected chi connectivity index (χ1v) is 18.6. The van der Waals surface area contributed by atoms with Crippen LogP contribution >= 0.6 is 23.1 Å². The summed E-state index contributed by atoms with van der Waals surface area (Å²) in [6, 6.07) is 9.90. The summed E-state index contributed by atoms with van der Waals surface area (Å²) in [5, 5.41) is 46.7. The second kappa shape index (κ2) is 14.9. The van der Waals surface area contributed by atoms with E-state index in [1.165, 1.54) is 31.0 Å². The van der Waals surface area contributed by atoms with Crippen molar-refractivity contribution in [2.24, 2.45) is 5.16 Å². The van der Waals surface area contributed by atoms with Crippen molar-refractivity contribution in [2.45, 2.75) is 50.4 Å². The molecule has 3 aliphatic heterocycles. The number of oxime groups is 1. The van der Waals surface area contributed by atoms with Crippen molar-refractivity contribution in [2.75, 3.05) is 24.6 Å². The molecule has 0 bridgehead atoms. The van der Waals surface area contributed by atoms with E-state index in [1.807, 2.05) is 24.3 Å². The predicted octanol–water partition coefficient (Wildman–Crippen LogP) is 2.88. The average Bonchev–Trinajstić information content (AvgIpc) is 3.56. The number of aliphatic carboxylic acids is 2. The molecule has 3 aromatic rings. The van der Waals surface area contributed by atoms with Crippen LogP contribution in [0.5, 0.6) is 11.5 Å². The Hall–Kier alpha value is -5.83. The summed E-state index contributed by atoms with van der Waals surface area (Å²) in [5.74, 6) is -1.42. The van der Waals surface area contributed by atoms with E-state index in [-0.39, 0.29) is 33.8 Å². The monoisotopic (exact) mass is 773 g/mol. The van der Waals surface area contributed by atoms with Gasteiger partial charge < -0.3 is 40.8 Å². The quantitative estimate of drug-likeness (QED) is 0.0391. The Morgan fingerprint density at radius 3 is 2.50 bits per heavy atom. The van der Waals surface area contributed by atoms with E-state index in [1.54, 1.807) is 24.3 Å². The molecule has 1 aromatic heterocycles. The molecule has 3 atom stereocenters. The summed E-state index contributed by atoms with van der Waals surface area (Å²) in [6.45, 7) is 4.99. The number of thioether (sulfide) groups is 1. The highest BCUT2D eigenvalue weighted by molar-refractivity contribution is 8.00. The number of carbonyl (C=O) groups is 4. The molecule has 15 nitrogen and oxygen atoms in total. The fourth-order valence-corrected chi connectivity index (χ4v) is 8.33. The number of hydrogen-bond donors (Lipinski definition) is 6. The summed E-state index contributed by atoms with van der Waals surface area (Å²) >= 11 is 2.29. The Morgan fingerprint density at radius 1 is 1.17 bits per heavy atom. The van der Waals surface area contributed by atoms with Gasteiger partial charge in [0.05, 0.1) is 6.54 Å². The molecule has 0 spiro atoms. The van der Waals surface area contributed by atoms with Crippen molar-refractivity contribution in [1.29, 1.82) is 0 Å². The Balaban J connectivity index is 1.15. The number of carboxylic acids is 2. The number of terminal acetylenes is 1. The van der Waals surface area contributed by atoms with Gasteiger partial charge in [0.2, 0.25) is 5.60 Å². The summed E-state index contributed by atoms with van der Waals surface area (Å²) in [4.78, 5) is 61.0. The van der Waals surface area contributed by atoms with Crippen molar-refractivity contribution in [3.63, 3.8) is 0 Å². The molecule has 0 aliphatic carbocycles. The van der Waals surface area contributed by atoms with Crippen LogP contribution in [0.3, 0.4) is 0 Å². The van der Waals surface area contributed by atoms with Crippen LogP contribution in [0.1, 0.15) is 41.8 Å². The lowest BCUT2D eigenvalue weighted by atomic mass is 9.95. The third kappa shape index (κ3) is 7.62.